The largest absolute Gasteiger partial charge is 0.395 e. The van der Waals surface area contributed by atoms with Crippen molar-refractivity contribution >= 4 is 23.2 Å². The van der Waals surface area contributed by atoms with E-state index in [0.717, 1.165) is 12.1 Å². The quantitative estimate of drug-likeness (QED) is 0.880. The second-order valence-electron chi connectivity index (χ2n) is 4.04. The molecular weight excluding hydrogens is 245 g/mol. The first-order valence-corrected chi connectivity index (χ1v) is 6.09. The molecule has 1 N–H and O–H groups in total. The average molecular weight is 262 g/mol. The summed E-state index contributed by atoms with van der Waals surface area (Å²) < 4.78 is 0. The van der Waals surface area contributed by atoms with Crippen LogP contribution in [0.2, 0.25) is 10.0 Å². The third-order valence-corrected chi connectivity index (χ3v) is 3.23. The van der Waals surface area contributed by atoms with Gasteiger partial charge in [-0.1, -0.05) is 29.3 Å². The Kier molecular flexibility index (Phi) is 5.56. The molecule has 0 fully saturated rings. The molecule has 0 aliphatic rings. The molecule has 0 heterocycles. The molecule has 0 aliphatic carbocycles. The zero-order valence-corrected chi connectivity index (χ0v) is 11.1. The number of hydrogen-bond acceptors (Lipinski definition) is 2. The van der Waals surface area contributed by atoms with Gasteiger partial charge in [-0.05, 0) is 31.5 Å². The van der Waals surface area contributed by atoms with Gasteiger partial charge in [-0.3, -0.25) is 4.90 Å². The summed E-state index contributed by atoms with van der Waals surface area (Å²) in [5, 5.41) is 10.1. The fourth-order valence-corrected chi connectivity index (χ4v) is 1.84. The number of benzene rings is 1. The van der Waals surface area contributed by atoms with Crippen molar-refractivity contribution in [2.45, 2.75) is 26.4 Å². The molecule has 0 radical (unpaired) electrons. The van der Waals surface area contributed by atoms with Gasteiger partial charge < -0.3 is 5.11 Å². The first-order chi connectivity index (χ1) is 7.54. The molecule has 0 aliphatic heterocycles. The normalized spacial score (nSPS) is 11.4. The van der Waals surface area contributed by atoms with Gasteiger partial charge in [0.05, 0.1) is 16.7 Å². The Morgan fingerprint density at radius 1 is 1.25 bits per heavy atom. The van der Waals surface area contributed by atoms with Gasteiger partial charge in [-0.2, -0.15) is 0 Å². The Morgan fingerprint density at radius 3 is 2.44 bits per heavy atom. The molecule has 4 heteroatoms. The Labute approximate surface area is 107 Å². The summed E-state index contributed by atoms with van der Waals surface area (Å²) in [6, 6.07) is 6.02. The lowest BCUT2D eigenvalue weighted by Crippen LogP contribution is -2.32. The predicted molar refractivity (Wildman–Crippen MR) is 69.1 cm³/mol. The molecule has 0 spiro atoms. The second kappa shape index (κ2) is 6.45. The molecule has 0 unspecified atom stereocenters. The van der Waals surface area contributed by atoms with Gasteiger partial charge in [0.15, 0.2) is 0 Å². The summed E-state index contributed by atoms with van der Waals surface area (Å²) in [6.45, 7) is 5.81. The van der Waals surface area contributed by atoms with E-state index in [1.54, 1.807) is 6.07 Å². The van der Waals surface area contributed by atoms with E-state index in [4.69, 9.17) is 28.3 Å². The zero-order chi connectivity index (χ0) is 12.1. The lowest BCUT2D eigenvalue weighted by atomic mass is 10.2. The first kappa shape index (κ1) is 13.8. The van der Waals surface area contributed by atoms with Crippen molar-refractivity contribution in [3.63, 3.8) is 0 Å². The molecule has 1 aromatic rings. The van der Waals surface area contributed by atoms with Crippen LogP contribution in [0.5, 0.6) is 0 Å². The standard InChI is InChI=1S/C12H17Cl2NO/c1-9(2)15(5-6-16)8-10-3-4-11(13)12(14)7-10/h3-4,7,9,16H,5-6,8H2,1-2H3. The van der Waals surface area contributed by atoms with Crippen molar-refractivity contribution in [1.82, 2.24) is 4.90 Å². The number of aliphatic hydroxyl groups is 1. The minimum absolute atomic E-state index is 0.166. The maximum Gasteiger partial charge on any atom is 0.0595 e. The fourth-order valence-electron chi connectivity index (χ4n) is 1.52. The maximum atomic E-state index is 8.97. The van der Waals surface area contributed by atoms with Crippen molar-refractivity contribution in [2.24, 2.45) is 0 Å². The van der Waals surface area contributed by atoms with Gasteiger partial charge in [0.1, 0.15) is 0 Å². The Morgan fingerprint density at radius 2 is 1.94 bits per heavy atom. The summed E-state index contributed by atoms with van der Waals surface area (Å²) in [5.74, 6) is 0. The van der Waals surface area contributed by atoms with Crippen molar-refractivity contribution < 1.29 is 5.11 Å². The van der Waals surface area contributed by atoms with Crippen LogP contribution in [0.25, 0.3) is 0 Å². The van der Waals surface area contributed by atoms with Gasteiger partial charge in [0, 0.05) is 19.1 Å². The molecule has 0 bridgehead atoms. The third-order valence-electron chi connectivity index (χ3n) is 2.49. The number of rotatable bonds is 5. The monoisotopic (exact) mass is 261 g/mol. The van der Waals surface area contributed by atoms with Crippen LogP contribution in [0.15, 0.2) is 18.2 Å². The summed E-state index contributed by atoms with van der Waals surface area (Å²) in [5.41, 5.74) is 1.11. The molecule has 0 atom stereocenters. The molecule has 90 valence electrons. The van der Waals surface area contributed by atoms with Gasteiger partial charge in [0.2, 0.25) is 0 Å². The molecule has 0 saturated heterocycles. The van der Waals surface area contributed by atoms with E-state index in [-0.39, 0.29) is 6.61 Å². The van der Waals surface area contributed by atoms with E-state index in [1.165, 1.54) is 0 Å². The van der Waals surface area contributed by atoms with E-state index < -0.39 is 0 Å². The van der Waals surface area contributed by atoms with Crippen molar-refractivity contribution in [3.8, 4) is 0 Å². The van der Waals surface area contributed by atoms with Crippen molar-refractivity contribution in [2.75, 3.05) is 13.2 Å². The first-order valence-electron chi connectivity index (χ1n) is 5.33. The minimum Gasteiger partial charge on any atom is -0.395 e. The molecule has 16 heavy (non-hydrogen) atoms. The van der Waals surface area contributed by atoms with E-state index >= 15 is 0 Å². The maximum absolute atomic E-state index is 8.97. The number of halogens is 2. The summed E-state index contributed by atoms with van der Waals surface area (Å²) in [4.78, 5) is 2.18. The third kappa shape index (κ3) is 3.95. The van der Waals surface area contributed by atoms with Crippen LogP contribution in [0, 0.1) is 0 Å². The van der Waals surface area contributed by atoms with Crippen LogP contribution in [-0.2, 0) is 6.54 Å². The minimum atomic E-state index is 0.166. The predicted octanol–water partition coefficient (Wildman–Crippen LogP) is 3.20. The van der Waals surface area contributed by atoms with Gasteiger partial charge in [0.25, 0.3) is 0 Å². The van der Waals surface area contributed by atoms with E-state index in [1.807, 2.05) is 12.1 Å². The van der Waals surface area contributed by atoms with E-state index in [0.29, 0.717) is 22.6 Å². The van der Waals surface area contributed by atoms with Crippen molar-refractivity contribution in [1.29, 1.82) is 0 Å². The van der Waals surface area contributed by atoms with Crippen molar-refractivity contribution in [3.05, 3.63) is 33.8 Å². The molecule has 1 aromatic carbocycles. The van der Waals surface area contributed by atoms with E-state index in [9.17, 15) is 0 Å². The highest BCUT2D eigenvalue weighted by atomic mass is 35.5. The van der Waals surface area contributed by atoms with Crippen LogP contribution >= 0.6 is 23.2 Å². The van der Waals surface area contributed by atoms with Crippen LogP contribution < -0.4 is 0 Å². The van der Waals surface area contributed by atoms with Crippen LogP contribution in [0.3, 0.4) is 0 Å². The topological polar surface area (TPSA) is 23.5 Å². The highest BCUT2D eigenvalue weighted by Crippen LogP contribution is 2.23. The highest BCUT2D eigenvalue weighted by molar-refractivity contribution is 6.42. The molecule has 0 saturated carbocycles. The highest BCUT2D eigenvalue weighted by Gasteiger charge is 2.10. The number of aliphatic hydroxyl groups excluding tert-OH is 1. The summed E-state index contributed by atoms with van der Waals surface area (Å²) in [7, 11) is 0. The van der Waals surface area contributed by atoms with Crippen LogP contribution in [0.4, 0.5) is 0 Å². The summed E-state index contributed by atoms with van der Waals surface area (Å²) >= 11 is 11.8. The zero-order valence-electron chi connectivity index (χ0n) is 9.58. The number of nitrogens with zero attached hydrogens (tertiary/aromatic N) is 1. The summed E-state index contributed by atoms with van der Waals surface area (Å²) in [6.07, 6.45) is 0. The Bertz CT molecular complexity index is 342. The number of hydrogen-bond donors (Lipinski definition) is 1. The average Bonchev–Trinajstić information content (AvgIpc) is 2.22. The smallest absolute Gasteiger partial charge is 0.0595 e. The second-order valence-corrected chi connectivity index (χ2v) is 4.85. The van der Waals surface area contributed by atoms with Gasteiger partial charge in [-0.15, -0.1) is 0 Å². The Hall–Kier alpha value is -0.280. The lowest BCUT2D eigenvalue weighted by Gasteiger charge is -2.25. The molecule has 1 rings (SSSR count). The fraction of sp³-hybridized carbons (Fsp3) is 0.500. The molecule has 2 nitrogen and oxygen atoms in total. The van der Waals surface area contributed by atoms with Gasteiger partial charge >= 0.3 is 0 Å². The Balaban J connectivity index is 2.73. The molecular formula is C12H17Cl2NO. The van der Waals surface area contributed by atoms with Crippen LogP contribution in [-0.4, -0.2) is 29.2 Å². The lowest BCUT2D eigenvalue weighted by molar-refractivity contribution is 0.159. The molecule has 0 amide bonds. The van der Waals surface area contributed by atoms with Crippen LogP contribution in [0.1, 0.15) is 19.4 Å². The molecule has 0 aromatic heterocycles. The van der Waals surface area contributed by atoms with E-state index in [2.05, 4.69) is 18.7 Å². The SMILES string of the molecule is CC(C)N(CCO)Cc1ccc(Cl)c(Cl)c1. The van der Waals surface area contributed by atoms with Gasteiger partial charge in [-0.25, -0.2) is 0 Å².